The van der Waals surface area contributed by atoms with Crippen molar-refractivity contribution >= 4 is 0 Å². The van der Waals surface area contributed by atoms with Gasteiger partial charge in [0.05, 0.1) is 5.56 Å². The van der Waals surface area contributed by atoms with Crippen molar-refractivity contribution in [1.29, 1.82) is 0 Å². The van der Waals surface area contributed by atoms with E-state index in [4.69, 9.17) is 4.74 Å². The molecule has 20 heavy (non-hydrogen) atoms. The van der Waals surface area contributed by atoms with Crippen LogP contribution in [0.5, 0.6) is 5.75 Å². The number of hydrogen-bond acceptors (Lipinski definition) is 3. The molecule has 5 heteroatoms. The molecule has 0 unspecified atom stereocenters. The van der Waals surface area contributed by atoms with Crippen LogP contribution in [0.25, 0.3) is 11.4 Å². The van der Waals surface area contributed by atoms with Crippen LogP contribution in [0.1, 0.15) is 5.56 Å². The monoisotopic (exact) mass is 269 g/mol. The molecule has 0 aliphatic rings. The first-order valence-corrected chi connectivity index (χ1v) is 6.15. The number of nitrogens with one attached hydrogen (secondary N) is 1. The van der Waals surface area contributed by atoms with Crippen LogP contribution in [-0.2, 0) is 6.61 Å². The first-order valence-electron chi connectivity index (χ1n) is 6.15. The molecule has 0 saturated heterocycles. The van der Waals surface area contributed by atoms with Crippen molar-refractivity contribution in [2.75, 3.05) is 0 Å². The molecule has 0 radical (unpaired) electrons. The summed E-state index contributed by atoms with van der Waals surface area (Å²) in [4.78, 5) is 3.92. The maximum Gasteiger partial charge on any atom is 0.158 e. The van der Waals surface area contributed by atoms with Gasteiger partial charge in [0, 0.05) is 6.07 Å². The highest BCUT2D eigenvalue weighted by molar-refractivity contribution is 5.56. The Labute approximate surface area is 115 Å². The zero-order chi connectivity index (χ0) is 13.8. The molecule has 3 rings (SSSR count). The molecule has 0 aliphatic heterocycles. The topological polar surface area (TPSA) is 50.8 Å². The maximum absolute atomic E-state index is 14.0. The van der Waals surface area contributed by atoms with E-state index in [0.717, 1.165) is 5.56 Å². The molecule has 1 aromatic heterocycles. The van der Waals surface area contributed by atoms with E-state index in [1.807, 2.05) is 30.3 Å². The SMILES string of the molecule is Fc1cc(OCc2ccccc2)ccc1-c1ncn[nH]1. The van der Waals surface area contributed by atoms with Gasteiger partial charge >= 0.3 is 0 Å². The second-order valence-electron chi connectivity index (χ2n) is 4.25. The van der Waals surface area contributed by atoms with Crippen molar-refractivity contribution in [3.63, 3.8) is 0 Å². The van der Waals surface area contributed by atoms with E-state index in [0.29, 0.717) is 23.7 Å². The van der Waals surface area contributed by atoms with Crippen LogP contribution in [0.3, 0.4) is 0 Å². The minimum atomic E-state index is -0.396. The highest BCUT2D eigenvalue weighted by atomic mass is 19.1. The third-order valence-electron chi connectivity index (χ3n) is 2.86. The predicted octanol–water partition coefficient (Wildman–Crippen LogP) is 3.19. The summed E-state index contributed by atoms with van der Waals surface area (Å²) in [6.07, 6.45) is 1.34. The van der Waals surface area contributed by atoms with E-state index < -0.39 is 5.82 Å². The summed E-state index contributed by atoms with van der Waals surface area (Å²) in [5.41, 5.74) is 1.40. The zero-order valence-corrected chi connectivity index (χ0v) is 10.6. The predicted molar refractivity (Wildman–Crippen MR) is 72.6 cm³/mol. The summed E-state index contributed by atoms with van der Waals surface area (Å²) >= 11 is 0. The highest BCUT2D eigenvalue weighted by Gasteiger charge is 2.09. The van der Waals surface area contributed by atoms with Gasteiger partial charge < -0.3 is 4.74 Å². The maximum atomic E-state index is 14.0. The second-order valence-corrected chi connectivity index (χ2v) is 4.25. The number of nitrogens with zero attached hydrogens (tertiary/aromatic N) is 2. The average Bonchev–Trinajstić information content (AvgIpc) is 3.00. The standard InChI is InChI=1S/C15H12FN3O/c16-14-8-12(20-9-11-4-2-1-3-5-11)6-7-13(14)15-17-10-18-19-15/h1-8,10H,9H2,(H,17,18,19). The molecule has 0 amide bonds. The molecule has 0 bridgehead atoms. The van der Waals surface area contributed by atoms with Crippen molar-refractivity contribution in [2.45, 2.75) is 6.61 Å². The molecule has 100 valence electrons. The molecule has 0 aliphatic carbocycles. The van der Waals surface area contributed by atoms with Crippen LogP contribution in [0.4, 0.5) is 4.39 Å². The van der Waals surface area contributed by atoms with E-state index in [1.165, 1.54) is 12.4 Å². The third kappa shape index (κ3) is 2.66. The molecule has 0 fully saturated rings. The lowest BCUT2D eigenvalue weighted by atomic mass is 10.2. The molecule has 0 atom stereocenters. The number of H-pyrrole nitrogens is 1. The molecule has 4 nitrogen and oxygen atoms in total. The van der Waals surface area contributed by atoms with Crippen molar-refractivity contribution in [1.82, 2.24) is 15.2 Å². The first kappa shape index (κ1) is 12.3. The Morgan fingerprint density at radius 2 is 1.95 bits per heavy atom. The number of hydrogen-bond donors (Lipinski definition) is 1. The van der Waals surface area contributed by atoms with Gasteiger partial charge in [-0.25, -0.2) is 9.37 Å². The number of halogens is 1. The second kappa shape index (κ2) is 5.52. The van der Waals surface area contributed by atoms with Crippen molar-refractivity contribution < 1.29 is 9.13 Å². The summed E-state index contributed by atoms with van der Waals surface area (Å²) in [6.45, 7) is 0.405. The minimum Gasteiger partial charge on any atom is -0.489 e. The van der Waals surface area contributed by atoms with E-state index >= 15 is 0 Å². The van der Waals surface area contributed by atoms with Gasteiger partial charge in [-0.3, -0.25) is 5.10 Å². The lowest BCUT2D eigenvalue weighted by Crippen LogP contribution is -1.96. The summed E-state index contributed by atoms with van der Waals surface area (Å²) in [6, 6.07) is 14.4. The fraction of sp³-hybridized carbons (Fsp3) is 0.0667. The number of aromatic amines is 1. The van der Waals surface area contributed by atoms with Crippen LogP contribution in [0.15, 0.2) is 54.9 Å². The summed E-state index contributed by atoms with van der Waals surface area (Å²) in [7, 11) is 0. The van der Waals surface area contributed by atoms with Gasteiger partial charge in [-0.15, -0.1) is 0 Å². The highest BCUT2D eigenvalue weighted by Crippen LogP contribution is 2.23. The molecule has 1 N–H and O–H groups in total. The Kier molecular flexibility index (Phi) is 3.41. The number of rotatable bonds is 4. The van der Waals surface area contributed by atoms with Crippen LogP contribution in [0, 0.1) is 5.82 Å². The van der Waals surface area contributed by atoms with Gasteiger partial charge in [0.2, 0.25) is 0 Å². The van der Waals surface area contributed by atoms with E-state index in [1.54, 1.807) is 12.1 Å². The fourth-order valence-electron chi connectivity index (χ4n) is 1.85. The van der Waals surface area contributed by atoms with E-state index in [2.05, 4.69) is 15.2 Å². The van der Waals surface area contributed by atoms with Gasteiger partial charge in [0.25, 0.3) is 0 Å². The Morgan fingerprint density at radius 3 is 2.65 bits per heavy atom. The average molecular weight is 269 g/mol. The molecular formula is C15H12FN3O. The molecular weight excluding hydrogens is 257 g/mol. The lowest BCUT2D eigenvalue weighted by molar-refractivity contribution is 0.304. The fourth-order valence-corrected chi connectivity index (χ4v) is 1.85. The Hall–Kier alpha value is -2.69. The quantitative estimate of drug-likeness (QED) is 0.791. The van der Waals surface area contributed by atoms with Crippen LogP contribution < -0.4 is 4.74 Å². The van der Waals surface area contributed by atoms with Gasteiger partial charge in [-0.2, -0.15) is 5.10 Å². The Bertz CT molecular complexity index is 684. The molecule has 1 heterocycles. The third-order valence-corrected chi connectivity index (χ3v) is 2.86. The largest absolute Gasteiger partial charge is 0.489 e. The zero-order valence-electron chi connectivity index (χ0n) is 10.6. The van der Waals surface area contributed by atoms with Gasteiger partial charge in [0.15, 0.2) is 5.82 Å². The number of benzene rings is 2. The smallest absolute Gasteiger partial charge is 0.158 e. The summed E-state index contributed by atoms with van der Waals surface area (Å²) in [5, 5.41) is 6.33. The van der Waals surface area contributed by atoms with Crippen molar-refractivity contribution in [3.05, 3.63) is 66.2 Å². The summed E-state index contributed by atoms with van der Waals surface area (Å²) in [5.74, 6) is 0.485. The van der Waals surface area contributed by atoms with E-state index in [9.17, 15) is 4.39 Å². The van der Waals surface area contributed by atoms with Gasteiger partial charge in [-0.05, 0) is 17.7 Å². The van der Waals surface area contributed by atoms with Crippen molar-refractivity contribution in [2.24, 2.45) is 0 Å². The minimum absolute atomic E-state index is 0.370. The van der Waals surface area contributed by atoms with Crippen LogP contribution in [0.2, 0.25) is 0 Å². The van der Waals surface area contributed by atoms with Crippen LogP contribution in [-0.4, -0.2) is 15.2 Å². The Balaban J connectivity index is 1.74. The summed E-state index contributed by atoms with van der Waals surface area (Å²) < 4.78 is 19.5. The van der Waals surface area contributed by atoms with Crippen molar-refractivity contribution in [3.8, 4) is 17.1 Å². The molecule has 2 aromatic carbocycles. The van der Waals surface area contributed by atoms with Gasteiger partial charge in [0.1, 0.15) is 24.5 Å². The molecule has 3 aromatic rings. The lowest BCUT2D eigenvalue weighted by Gasteiger charge is -2.07. The van der Waals surface area contributed by atoms with E-state index in [-0.39, 0.29) is 0 Å². The van der Waals surface area contributed by atoms with Crippen LogP contribution >= 0.6 is 0 Å². The molecule has 0 saturated carbocycles. The van der Waals surface area contributed by atoms with Gasteiger partial charge in [-0.1, -0.05) is 30.3 Å². The number of aromatic nitrogens is 3. The normalized spacial score (nSPS) is 10.4. The Morgan fingerprint density at radius 1 is 1.10 bits per heavy atom. The molecule has 0 spiro atoms. The first-order chi connectivity index (χ1) is 9.83. The number of ether oxygens (including phenoxy) is 1.